The number of aryl methyl sites for hydroxylation is 1. The zero-order valence-corrected chi connectivity index (χ0v) is 15.1. The van der Waals surface area contributed by atoms with E-state index in [1.165, 1.54) is 5.56 Å². The molecule has 0 saturated heterocycles. The van der Waals surface area contributed by atoms with Gasteiger partial charge in [0.25, 0.3) is 5.91 Å². The molecule has 138 valence electrons. The van der Waals surface area contributed by atoms with E-state index in [9.17, 15) is 4.79 Å². The normalized spacial score (nSPS) is 15.7. The molecular formula is C20H21N5O2. The number of hydrogen-bond donors (Lipinski definition) is 1. The third-order valence-corrected chi connectivity index (χ3v) is 4.77. The molecule has 1 aliphatic rings. The first-order valence-electron chi connectivity index (χ1n) is 8.99. The van der Waals surface area contributed by atoms with E-state index in [1.54, 1.807) is 4.68 Å². The second-order valence-electron chi connectivity index (χ2n) is 6.78. The molecule has 0 bridgehead atoms. The van der Waals surface area contributed by atoms with Gasteiger partial charge in [0.05, 0.1) is 13.2 Å². The molecule has 2 heterocycles. The maximum Gasteiger partial charge on any atom is 0.251 e. The van der Waals surface area contributed by atoms with Crippen LogP contribution >= 0.6 is 0 Å². The summed E-state index contributed by atoms with van der Waals surface area (Å²) in [5, 5.41) is 14.5. The number of benzene rings is 2. The number of carbonyl (C=O) groups is 1. The molecule has 1 aromatic heterocycles. The first-order chi connectivity index (χ1) is 13.2. The lowest BCUT2D eigenvalue weighted by atomic mass is 9.96. The molecule has 1 amide bonds. The Labute approximate surface area is 157 Å². The fraction of sp³-hybridized carbons (Fsp3) is 0.300. The molecule has 0 fully saturated rings. The number of para-hydroxylation sites is 1. The molecule has 7 heteroatoms. The molecule has 2 aromatic carbocycles. The fourth-order valence-electron chi connectivity index (χ4n) is 3.19. The van der Waals surface area contributed by atoms with Crippen LogP contribution < -0.4 is 10.1 Å². The lowest BCUT2D eigenvalue weighted by Crippen LogP contribution is -2.34. The van der Waals surface area contributed by atoms with Gasteiger partial charge in [-0.15, -0.1) is 5.10 Å². The predicted octanol–water partition coefficient (Wildman–Crippen LogP) is 2.01. The average molecular weight is 363 g/mol. The van der Waals surface area contributed by atoms with Crippen LogP contribution in [0.25, 0.3) is 0 Å². The minimum atomic E-state index is -0.0704. The summed E-state index contributed by atoms with van der Waals surface area (Å²) in [5.74, 6) is 1.92. The van der Waals surface area contributed by atoms with Crippen LogP contribution in [0.15, 0.2) is 48.5 Å². The number of rotatable bonds is 5. The Morgan fingerprint density at radius 2 is 2.04 bits per heavy atom. The zero-order chi connectivity index (χ0) is 18.6. The Kier molecular flexibility index (Phi) is 4.82. The van der Waals surface area contributed by atoms with Crippen LogP contribution in [0.2, 0.25) is 0 Å². The molecule has 7 nitrogen and oxygen atoms in total. The number of ether oxygens (including phenoxy) is 1. The molecule has 0 unspecified atom stereocenters. The van der Waals surface area contributed by atoms with Crippen molar-refractivity contribution in [3.63, 3.8) is 0 Å². The van der Waals surface area contributed by atoms with Crippen molar-refractivity contribution in [1.29, 1.82) is 0 Å². The molecular weight excluding hydrogens is 342 g/mol. The smallest absolute Gasteiger partial charge is 0.251 e. The standard InChI is InChI=1S/C20H21N5O2/c1-14-22-23-24-25(14)12-15-6-8-17(9-7-15)20(26)21-11-16-10-18-4-2-3-5-19(18)27-13-16/h2-9,16H,10-13H2,1H3,(H,21,26)/t16-/m0/s1. The maximum absolute atomic E-state index is 12.4. The Bertz CT molecular complexity index is 936. The van der Waals surface area contributed by atoms with Gasteiger partial charge < -0.3 is 10.1 Å². The number of hydrogen-bond acceptors (Lipinski definition) is 5. The molecule has 1 N–H and O–H groups in total. The summed E-state index contributed by atoms with van der Waals surface area (Å²) in [6, 6.07) is 15.6. The van der Waals surface area contributed by atoms with Gasteiger partial charge in [0.15, 0.2) is 0 Å². The first kappa shape index (κ1) is 17.2. The minimum absolute atomic E-state index is 0.0704. The van der Waals surface area contributed by atoms with Crippen LogP contribution in [-0.2, 0) is 13.0 Å². The molecule has 3 aromatic rings. The topological polar surface area (TPSA) is 81.9 Å². The van der Waals surface area contributed by atoms with Crippen LogP contribution in [0.4, 0.5) is 0 Å². The third kappa shape index (κ3) is 3.97. The highest BCUT2D eigenvalue weighted by Crippen LogP contribution is 2.26. The zero-order valence-electron chi connectivity index (χ0n) is 15.1. The summed E-state index contributed by atoms with van der Waals surface area (Å²) in [6.07, 6.45) is 0.917. The first-order valence-corrected chi connectivity index (χ1v) is 8.99. The fourth-order valence-corrected chi connectivity index (χ4v) is 3.19. The Hall–Kier alpha value is -3.22. The van der Waals surface area contributed by atoms with Gasteiger partial charge >= 0.3 is 0 Å². The third-order valence-electron chi connectivity index (χ3n) is 4.77. The van der Waals surface area contributed by atoms with Crippen molar-refractivity contribution in [2.24, 2.45) is 5.92 Å². The van der Waals surface area contributed by atoms with Crippen molar-refractivity contribution < 1.29 is 9.53 Å². The van der Waals surface area contributed by atoms with Crippen LogP contribution in [0, 0.1) is 12.8 Å². The number of aromatic nitrogens is 4. The molecule has 0 saturated carbocycles. The van der Waals surface area contributed by atoms with Gasteiger partial charge in [-0.3, -0.25) is 4.79 Å². The summed E-state index contributed by atoms with van der Waals surface area (Å²) in [5.41, 5.74) is 2.88. The Balaban J connectivity index is 1.32. The number of nitrogens with zero attached hydrogens (tertiary/aromatic N) is 4. The van der Waals surface area contributed by atoms with E-state index >= 15 is 0 Å². The molecule has 1 aliphatic heterocycles. The summed E-state index contributed by atoms with van der Waals surface area (Å²) < 4.78 is 7.50. The second kappa shape index (κ2) is 7.57. The molecule has 1 atom stereocenters. The van der Waals surface area contributed by atoms with Crippen LogP contribution in [0.1, 0.15) is 27.3 Å². The van der Waals surface area contributed by atoms with Crippen molar-refractivity contribution >= 4 is 5.91 Å². The van der Waals surface area contributed by atoms with Crippen LogP contribution in [-0.4, -0.2) is 39.3 Å². The van der Waals surface area contributed by atoms with Crippen molar-refractivity contribution in [1.82, 2.24) is 25.5 Å². The number of carbonyl (C=O) groups excluding carboxylic acids is 1. The van der Waals surface area contributed by atoms with Gasteiger partial charge in [-0.1, -0.05) is 30.3 Å². The second-order valence-corrected chi connectivity index (χ2v) is 6.78. The van der Waals surface area contributed by atoms with E-state index < -0.39 is 0 Å². The van der Waals surface area contributed by atoms with E-state index in [0.29, 0.717) is 25.3 Å². The maximum atomic E-state index is 12.4. The van der Waals surface area contributed by atoms with Crippen molar-refractivity contribution in [3.05, 3.63) is 71.0 Å². The predicted molar refractivity (Wildman–Crippen MR) is 99.6 cm³/mol. The molecule has 4 rings (SSSR count). The number of amides is 1. The van der Waals surface area contributed by atoms with Crippen molar-refractivity contribution in [3.8, 4) is 5.75 Å². The van der Waals surface area contributed by atoms with Gasteiger partial charge in [0.1, 0.15) is 11.6 Å². The Morgan fingerprint density at radius 1 is 1.22 bits per heavy atom. The minimum Gasteiger partial charge on any atom is -0.493 e. The van der Waals surface area contributed by atoms with E-state index in [-0.39, 0.29) is 11.8 Å². The highest BCUT2D eigenvalue weighted by molar-refractivity contribution is 5.94. The largest absolute Gasteiger partial charge is 0.493 e. The summed E-state index contributed by atoms with van der Waals surface area (Å²) >= 11 is 0. The number of tetrazole rings is 1. The quantitative estimate of drug-likeness (QED) is 0.750. The highest BCUT2D eigenvalue weighted by Gasteiger charge is 2.20. The SMILES string of the molecule is Cc1nnnn1Cc1ccc(C(=O)NC[C@H]2COc3ccccc3C2)cc1. The molecule has 0 aliphatic carbocycles. The van der Waals surface area contributed by atoms with E-state index in [4.69, 9.17) is 4.74 Å². The van der Waals surface area contributed by atoms with E-state index in [1.807, 2.05) is 49.4 Å². The lowest BCUT2D eigenvalue weighted by molar-refractivity contribution is 0.0939. The van der Waals surface area contributed by atoms with Gasteiger partial charge in [-0.05, 0) is 53.1 Å². The lowest BCUT2D eigenvalue weighted by Gasteiger charge is -2.25. The summed E-state index contributed by atoms with van der Waals surface area (Å²) in [7, 11) is 0. The monoisotopic (exact) mass is 363 g/mol. The Morgan fingerprint density at radius 3 is 2.81 bits per heavy atom. The van der Waals surface area contributed by atoms with Gasteiger partial charge in [-0.2, -0.15) is 0 Å². The van der Waals surface area contributed by atoms with Gasteiger partial charge in [-0.25, -0.2) is 4.68 Å². The number of nitrogens with one attached hydrogen (secondary N) is 1. The van der Waals surface area contributed by atoms with E-state index in [2.05, 4.69) is 26.9 Å². The van der Waals surface area contributed by atoms with E-state index in [0.717, 1.165) is 23.6 Å². The average Bonchev–Trinajstić information content (AvgIpc) is 3.11. The highest BCUT2D eigenvalue weighted by atomic mass is 16.5. The summed E-state index contributed by atoms with van der Waals surface area (Å²) in [6.45, 7) is 3.66. The summed E-state index contributed by atoms with van der Waals surface area (Å²) in [4.78, 5) is 12.4. The molecule has 27 heavy (non-hydrogen) atoms. The van der Waals surface area contributed by atoms with Crippen LogP contribution in [0.5, 0.6) is 5.75 Å². The van der Waals surface area contributed by atoms with Crippen molar-refractivity contribution in [2.45, 2.75) is 19.9 Å². The van der Waals surface area contributed by atoms with Crippen molar-refractivity contribution in [2.75, 3.05) is 13.2 Å². The number of fused-ring (bicyclic) bond motifs is 1. The molecule has 0 radical (unpaired) electrons. The molecule has 0 spiro atoms. The van der Waals surface area contributed by atoms with Gasteiger partial charge in [0.2, 0.25) is 0 Å². The van der Waals surface area contributed by atoms with Gasteiger partial charge in [0, 0.05) is 18.0 Å². The van der Waals surface area contributed by atoms with Crippen LogP contribution in [0.3, 0.4) is 0 Å².